The second-order valence-electron chi connectivity index (χ2n) is 6.26. The molecule has 2 aromatic heterocycles. The van der Waals surface area contributed by atoms with Crippen molar-refractivity contribution in [3.63, 3.8) is 0 Å². The number of nitro groups is 1. The Hall–Kier alpha value is -2.36. The molecule has 0 aliphatic carbocycles. The van der Waals surface area contributed by atoms with Crippen LogP contribution in [0, 0.1) is 15.0 Å². The molecule has 0 amide bonds. The van der Waals surface area contributed by atoms with Crippen LogP contribution in [0.15, 0.2) is 46.2 Å². The summed E-state index contributed by atoms with van der Waals surface area (Å²) in [6.45, 7) is 1.68. The number of aromatic nitrogens is 2. The predicted octanol–water partition coefficient (Wildman–Crippen LogP) is 3.22. The molecule has 1 aliphatic heterocycles. The van der Waals surface area contributed by atoms with Crippen molar-refractivity contribution >= 4 is 29.2 Å². The highest BCUT2D eigenvalue weighted by molar-refractivity contribution is 7.71. The Morgan fingerprint density at radius 3 is 3.08 bits per heavy atom. The summed E-state index contributed by atoms with van der Waals surface area (Å²) in [4.78, 5) is 13.6. The third-order valence-electron chi connectivity index (χ3n) is 4.63. The fourth-order valence-corrected chi connectivity index (χ4v) is 4.51. The van der Waals surface area contributed by atoms with Gasteiger partial charge in [-0.2, -0.15) is 4.68 Å². The second-order valence-corrected chi connectivity index (χ2v) is 7.59. The van der Waals surface area contributed by atoms with Crippen molar-refractivity contribution in [3.05, 3.63) is 61.6 Å². The van der Waals surface area contributed by atoms with Gasteiger partial charge < -0.3 is 9.32 Å². The van der Waals surface area contributed by atoms with Crippen LogP contribution < -0.4 is 4.90 Å². The second kappa shape index (κ2) is 7.10. The summed E-state index contributed by atoms with van der Waals surface area (Å²) >= 11 is 7.10. The third-order valence-corrected chi connectivity index (χ3v) is 5.91. The molecule has 9 heteroatoms. The lowest BCUT2D eigenvalue weighted by atomic mass is 10.2. The smallest absolute Gasteiger partial charge is 0.292 e. The van der Waals surface area contributed by atoms with E-state index in [4.69, 9.17) is 16.6 Å². The summed E-state index contributed by atoms with van der Waals surface area (Å²) < 4.78 is 7.29. The zero-order chi connectivity index (χ0) is 18.1. The Bertz CT molecular complexity index is 980. The predicted molar refractivity (Wildman–Crippen MR) is 99.5 cm³/mol. The third kappa shape index (κ3) is 3.33. The van der Waals surface area contributed by atoms with E-state index in [1.807, 2.05) is 0 Å². The van der Waals surface area contributed by atoms with Gasteiger partial charge >= 0.3 is 0 Å². The minimum Gasteiger partial charge on any atom is -0.409 e. The van der Waals surface area contributed by atoms with Gasteiger partial charge in [-0.15, -0.1) is 16.4 Å². The van der Waals surface area contributed by atoms with Crippen LogP contribution >= 0.6 is 23.6 Å². The highest BCUT2D eigenvalue weighted by Crippen LogP contribution is 2.24. The standard InChI is InChI=1S/C17H16N4O3S2/c22-21(23)13-5-1-4-12(10-13)16-18-20(17(25)24-16)11-19-8-2-6-14(19)15-7-3-9-26-15/h1,3-5,7,9-10,14H,2,6,8,11H2/p+1/t14-/m1/s1. The number of quaternary nitrogens is 1. The molecule has 1 unspecified atom stereocenters. The molecule has 0 bridgehead atoms. The fraction of sp³-hybridized carbons (Fsp3) is 0.294. The first-order valence-electron chi connectivity index (χ1n) is 8.32. The van der Waals surface area contributed by atoms with Crippen LogP contribution in [-0.4, -0.2) is 21.2 Å². The van der Waals surface area contributed by atoms with Crippen LogP contribution in [0.5, 0.6) is 0 Å². The molecule has 1 fully saturated rings. The van der Waals surface area contributed by atoms with Crippen molar-refractivity contribution in [1.82, 2.24) is 9.78 Å². The molecule has 1 N–H and O–H groups in total. The largest absolute Gasteiger partial charge is 0.409 e. The maximum absolute atomic E-state index is 11.0. The van der Waals surface area contributed by atoms with Crippen molar-refractivity contribution in [2.24, 2.45) is 0 Å². The summed E-state index contributed by atoms with van der Waals surface area (Å²) in [6, 6.07) is 10.9. The molecule has 0 spiro atoms. The molecule has 26 heavy (non-hydrogen) atoms. The first-order valence-corrected chi connectivity index (χ1v) is 9.61. The number of hydrogen-bond acceptors (Lipinski definition) is 6. The van der Waals surface area contributed by atoms with E-state index in [1.165, 1.54) is 28.3 Å². The van der Waals surface area contributed by atoms with E-state index >= 15 is 0 Å². The number of hydrogen-bond donors (Lipinski definition) is 1. The molecule has 7 nitrogen and oxygen atoms in total. The quantitative estimate of drug-likeness (QED) is 0.412. The Balaban J connectivity index is 1.58. The first kappa shape index (κ1) is 17.1. The van der Waals surface area contributed by atoms with E-state index in [-0.39, 0.29) is 10.5 Å². The molecule has 0 radical (unpaired) electrons. The van der Waals surface area contributed by atoms with Crippen LogP contribution in [0.2, 0.25) is 0 Å². The van der Waals surface area contributed by atoms with Crippen molar-refractivity contribution in [2.75, 3.05) is 6.54 Å². The zero-order valence-corrected chi connectivity index (χ0v) is 15.5. The van der Waals surface area contributed by atoms with Crippen molar-refractivity contribution in [3.8, 4) is 11.5 Å². The average Bonchev–Trinajstić information content (AvgIpc) is 3.37. The molecule has 1 aromatic carbocycles. The average molecular weight is 389 g/mol. The van der Waals surface area contributed by atoms with Gasteiger partial charge in [-0.05, 0) is 29.7 Å². The lowest BCUT2D eigenvalue weighted by Gasteiger charge is -2.19. The number of benzene rings is 1. The lowest BCUT2D eigenvalue weighted by Crippen LogP contribution is -3.09. The normalized spacial score (nSPS) is 19.7. The molecule has 3 heterocycles. The molecule has 0 saturated carbocycles. The Labute approximate surface area is 158 Å². The number of likely N-dealkylation sites (tertiary alicyclic amines) is 1. The number of nitrogens with one attached hydrogen (secondary N) is 1. The number of non-ortho nitro benzene ring substituents is 1. The summed E-state index contributed by atoms with van der Waals surface area (Å²) in [5.41, 5.74) is 0.552. The SMILES string of the molecule is O=[N+]([O-])c1cccc(-c2nn(C[NH+]3CCC[C@@H]3c3cccs3)c(=S)o2)c1. The van der Waals surface area contributed by atoms with Crippen LogP contribution in [0.25, 0.3) is 11.5 Å². The van der Waals surface area contributed by atoms with Gasteiger partial charge in [-0.1, -0.05) is 12.1 Å². The van der Waals surface area contributed by atoms with Gasteiger partial charge in [0.25, 0.3) is 10.5 Å². The molecule has 1 saturated heterocycles. The van der Waals surface area contributed by atoms with Gasteiger partial charge in [0, 0.05) is 30.5 Å². The van der Waals surface area contributed by atoms with E-state index in [2.05, 4.69) is 22.6 Å². The van der Waals surface area contributed by atoms with E-state index in [9.17, 15) is 10.1 Å². The summed E-state index contributed by atoms with van der Waals surface area (Å²) in [5.74, 6) is 0.310. The Morgan fingerprint density at radius 2 is 2.31 bits per heavy atom. The van der Waals surface area contributed by atoms with Crippen molar-refractivity contribution in [1.29, 1.82) is 0 Å². The summed E-state index contributed by atoms with van der Waals surface area (Å²) in [6.07, 6.45) is 2.32. The van der Waals surface area contributed by atoms with E-state index in [0.29, 0.717) is 24.2 Å². The highest BCUT2D eigenvalue weighted by Gasteiger charge is 2.31. The number of rotatable bonds is 5. The minimum absolute atomic E-state index is 0.00101. The van der Waals surface area contributed by atoms with Gasteiger partial charge in [0.15, 0.2) is 6.67 Å². The molecule has 2 atom stereocenters. The van der Waals surface area contributed by atoms with E-state index < -0.39 is 4.92 Å². The van der Waals surface area contributed by atoms with Crippen LogP contribution in [0.1, 0.15) is 23.8 Å². The lowest BCUT2D eigenvalue weighted by molar-refractivity contribution is -0.941. The maximum atomic E-state index is 11.0. The first-order chi connectivity index (χ1) is 12.6. The zero-order valence-electron chi connectivity index (χ0n) is 13.8. The Morgan fingerprint density at radius 1 is 1.42 bits per heavy atom. The van der Waals surface area contributed by atoms with Crippen LogP contribution in [-0.2, 0) is 6.67 Å². The van der Waals surface area contributed by atoms with Crippen molar-refractivity contribution < 1.29 is 14.2 Å². The highest BCUT2D eigenvalue weighted by atomic mass is 32.1. The van der Waals surface area contributed by atoms with E-state index in [1.54, 1.807) is 28.2 Å². The maximum Gasteiger partial charge on any atom is 0.292 e. The number of thiophene rings is 1. The molecule has 4 rings (SSSR count). The van der Waals surface area contributed by atoms with Gasteiger partial charge in [0.2, 0.25) is 5.89 Å². The molecule has 3 aromatic rings. The fourth-order valence-electron chi connectivity index (χ4n) is 3.40. The molecule has 134 valence electrons. The number of nitrogens with zero attached hydrogens (tertiary/aromatic N) is 3. The summed E-state index contributed by atoms with van der Waals surface area (Å²) in [7, 11) is 0. The van der Waals surface area contributed by atoms with Gasteiger partial charge in [-0.25, -0.2) is 0 Å². The molecule has 1 aliphatic rings. The summed E-state index contributed by atoms with van der Waals surface area (Å²) in [5, 5.41) is 17.5. The van der Waals surface area contributed by atoms with Gasteiger partial charge in [0.05, 0.1) is 16.3 Å². The number of nitro benzene ring substituents is 1. The molecular weight excluding hydrogens is 372 g/mol. The van der Waals surface area contributed by atoms with Crippen LogP contribution in [0.3, 0.4) is 0 Å². The van der Waals surface area contributed by atoms with E-state index in [0.717, 1.165) is 13.0 Å². The van der Waals surface area contributed by atoms with Crippen molar-refractivity contribution in [2.45, 2.75) is 25.6 Å². The Kier molecular flexibility index (Phi) is 4.66. The minimum atomic E-state index is -0.435. The monoisotopic (exact) mass is 389 g/mol. The molecular formula is C17H17N4O3S2+. The van der Waals surface area contributed by atoms with Gasteiger partial charge in [0.1, 0.15) is 6.04 Å². The van der Waals surface area contributed by atoms with Gasteiger partial charge in [-0.3, -0.25) is 10.1 Å². The van der Waals surface area contributed by atoms with Crippen LogP contribution in [0.4, 0.5) is 5.69 Å². The topological polar surface area (TPSA) is 78.5 Å².